The van der Waals surface area contributed by atoms with Crippen LogP contribution in [0.15, 0.2) is 146 Å². The highest BCUT2D eigenvalue weighted by molar-refractivity contribution is 5.93. The molecule has 0 aliphatic rings. The molecule has 256 valence electrons. The first-order chi connectivity index (χ1) is 25.4. The van der Waals surface area contributed by atoms with Gasteiger partial charge in [0, 0.05) is 53.3 Å². The highest BCUT2D eigenvalue weighted by atomic mass is 15.1. The Hall–Kier alpha value is -6.86. The van der Waals surface area contributed by atoms with E-state index in [2.05, 4.69) is 147 Å². The quantitative estimate of drug-likeness (QED) is 0.139. The molecular formula is C45H41N7. The van der Waals surface area contributed by atoms with E-state index < -0.39 is 0 Å². The van der Waals surface area contributed by atoms with Gasteiger partial charge in [-0.3, -0.25) is 10.2 Å². The number of aromatic nitrogens is 4. The van der Waals surface area contributed by atoms with Gasteiger partial charge in [-0.2, -0.15) is 10.2 Å². The van der Waals surface area contributed by atoms with Gasteiger partial charge >= 0.3 is 0 Å². The average molecular weight is 680 g/mol. The maximum absolute atomic E-state index is 5.90. The van der Waals surface area contributed by atoms with E-state index in [0.29, 0.717) is 0 Å². The Kier molecular flexibility index (Phi) is 9.93. The number of aryl methyl sites for hydroxylation is 1. The van der Waals surface area contributed by atoms with Crippen LogP contribution in [0, 0.1) is 6.92 Å². The minimum atomic E-state index is 0.755. The maximum atomic E-state index is 5.90. The largest absolute Gasteiger partial charge is 0.399 e. The summed E-state index contributed by atoms with van der Waals surface area (Å²) < 4.78 is 0. The average Bonchev–Trinajstić information content (AvgIpc) is 3.79. The molecule has 2 aromatic heterocycles. The Balaban J connectivity index is 0.000000162. The lowest BCUT2D eigenvalue weighted by molar-refractivity contribution is 1.10. The monoisotopic (exact) mass is 679 g/mol. The molecule has 0 bridgehead atoms. The molecule has 0 spiro atoms. The number of nitrogens with two attached hydrogens (primary N) is 1. The van der Waals surface area contributed by atoms with Crippen molar-refractivity contribution in [2.24, 2.45) is 0 Å². The van der Waals surface area contributed by atoms with E-state index in [1.165, 1.54) is 16.8 Å². The number of nitrogen functional groups attached to an aromatic ring is 1. The van der Waals surface area contributed by atoms with Gasteiger partial charge in [0.25, 0.3) is 0 Å². The van der Waals surface area contributed by atoms with Crippen molar-refractivity contribution in [2.75, 3.05) is 29.6 Å². The van der Waals surface area contributed by atoms with Gasteiger partial charge in [0.15, 0.2) is 0 Å². The molecule has 0 aliphatic heterocycles. The molecule has 0 aliphatic carbocycles. The maximum Gasteiger partial charge on any atom is 0.0927 e. The minimum Gasteiger partial charge on any atom is -0.399 e. The lowest BCUT2D eigenvalue weighted by atomic mass is 10.1. The number of rotatable bonds is 8. The van der Waals surface area contributed by atoms with Crippen molar-refractivity contribution < 1.29 is 0 Å². The summed E-state index contributed by atoms with van der Waals surface area (Å²) in [6, 6.07) is 49.6. The number of anilines is 5. The summed E-state index contributed by atoms with van der Waals surface area (Å²) in [6.07, 6.45) is 8.25. The van der Waals surface area contributed by atoms with E-state index in [9.17, 15) is 0 Å². The summed E-state index contributed by atoms with van der Waals surface area (Å²) in [4.78, 5) is 4.29. The van der Waals surface area contributed by atoms with E-state index in [1.807, 2.05) is 73.8 Å². The minimum absolute atomic E-state index is 0.755. The van der Waals surface area contributed by atoms with Crippen LogP contribution in [0.5, 0.6) is 0 Å². The van der Waals surface area contributed by atoms with Crippen LogP contribution in [0.3, 0.4) is 0 Å². The Morgan fingerprint density at radius 2 is 0.942 bits per heavy atom. The molecule has 6 aromatic carbocycles. The number of hydrogen-bond donors (Lipinski definition) is 3. The molecule has 0 saturated heterocycles. The summed E-state index contributed by atoms with van der Waals surface area (Å²) in [7, 11) is 4.12. The third kappa shape index (κ3) is 7.79. The first-order valence-corrected chi connectivity index (χ1v) is 17.2. The highest BCUT2D eigenvalue weighted by Gasteiger charge is 2.10. The Morgan fingerprint density at radius 1 is 0.481 bits per heavy atom. The van der Waals surface area contributed by atoms with Crippen LogP contribution < -0.4 is 15.5 Å². The summed E-state index contributed by atoms with van der Waals surface area (Å²) in [5.74, 6) is 0. The SMILES string of the molecule is CN(c1cccc(N)c1)c1ccc2c(/C=C/c3ccccc3)n[nH]c2c1.Cc1cccc(N(C)c2ccc3c(/C=C/c4ccccc4)n[nH]c3c2)c1. The fourth-order valence-corrected chi connectivity index (χ4v) is 6.08. The molecule has 7 heteroatoms. The van der Waals surface area contributed by atoms with Gasteiger partial charge in [0.1, 0.15) is 0 Å². The van der Waals surface area contributed by atoms with Crippen molar-refractivity contribution in [2.45, 2.75) is 6.92 Å². The molecule has 0 atom stereocenters. The van der Waals surface area contributed by atoms with Crippen molar-refractivity contribution >= 4 is 74.5 Å². The Labute approximate surface area is 304 Å². The zero-order valence-electron chi connectivity index (χ0n) is 29.5. The number of hydrogen-bond acceptors (Lipinski definition) is 5. The van der Waals surface area contributed by atoms with E-state index >= 15 is 0 Å². The van der Waals surface area contributed by atoms with Crippen molar-refractivity contribution in [1.29, 1.82) is 0 Å². The molecule has 2 heterocycles. The first kappa shape index (κ1) is 33.6. The molecule has 8 aromatic rings. The van der Waals surface area contributed by atoms with Crippen LogP contribution in [-0.4, -0.2) is 34.5 Å². The second kappa shape index (κ2) is 15.4. The van der Waals surface area contributed by atoms with Crippen molar-refractivity contribution in [1.82, 2.24) is 20.4 Å². The molecule has 7 nitrogen and oxygen atoms in total. The van der Waals surface area contributed by atoms with E-state index in [4.69, 9.17) is 5.73 Å². The van der Waals surface area contributed by atoms with Crippen LogP contribution in [0.1, 0.15) is 28.1 Å². The van der Waals surface area contributed by atoms with Gasteiger partial charge in [-0.05, 0) is 102 Å². The summed E-state index contributed by atoms with van der Waals surface area (Å²) in [5.41, 5.74) is 18.6. The lowest BCUT2D eigenvalue weighted by Gasteiger charge is -2.20. The number of nitrogens with one attached hydrogen (secondary N) is 2. The van der Waals surface area contributed by atoms with Crippen LogP contribution in [0.2, 0.25) is 0 Å². The third-order valence-corrected chi connectivity index (χ3v) is 9.04. The molecular weight excluding hydrogens is 639 g/mol. The van der Waals surface area contributed by atoms with Gasteiger partial charge in [0.05, 0.1) is 22.4 Å². The first-order valence-electron chi connectivity index (χ1n) is 17.2. The second-order valence-corrected chi connectivity index (χ2v) is 12.7. The molecule has 0 saturated carbocycles. The number of aromatic amines is 2. The predicted octanol–water partition coefficient (Wildman–Crippen LogP) is 10.9. The molecule has 0 radical (unpaired) electrons. The molecule has 0 amide bonds. The van der Waals surface area contributed by atoms with Crippen molar-refractivity contribution in [3.05, 3.63) is 174 Å². The molecule has 8 rings (SSSR count). The second-order valence-electron chi connectivity index (χ2n) is 12.7. The van der Waals surface area contributed by atoms with Crippen LogP contribution in [-0.2, 0) is 0 Å². The molecule has 4 N–H and O–H groups in total. The zero-order chi connectivity index (χ0) is 35.9. The fourth-order valence-electron chi connectivity index (χ4n) is 6.08. The summed E-state index contributed by atoms with van der Waals surface area (Å²) >= 11 is 0. The molecule has 0 fully saturated rings. The predicted molar refractivity (Wildman–Crippen MR) is 221 cm³/mol. The zero-order valence-corrected chi connectivity index (χ0v) is 29.5. The smallest absolute Gasteiger partial charge is 0.0927 e. The molecule has 0 unspecified atom stereocenters. The van der Waals surface area contributed by atoms with E-state index in [-0.39, 0.29) is 0 Å². The standard InChI is InChI=1S/C23H21N3.C22H20N4/c1-17-7-6-10-19(15-17)26(2)20-12-13-21-22(24-25-23(21)16-20)14-11-18-8-4-3-5-9-18;1-26(18-9-5-8-17(23)14-18)19-11-12-20-21(24-25-22(20)15-19)13-10-16-6-3-2-4-7-16/h3-16H,1-2H3,(H,24,25);2-15H,23H2,1H3,(H,24,25)/b14-11+;13-10+. The normalized spacial score (nSPS) is 11.3. The molecule has 52 heavy (non-hydrogen) atoms. The van der Waals surface area contributed by atoms with E-state index in [0.717, 1.165) is 61.5 Å². The summed E-state index contributed by atoms with van der Waals surface area (Å²) in [5, 5.41) is 17.4. The van der Waals surface area contributed by atoms with Crippen LogP contribution in [0.4, 0.5) is 28.4 Å². The number of H-pyrrole nitrogens is 2. The highest BCUT2D eigenvalue weighted by Crippen LogP contribution is 2.30. The van der Waals surface area contributed by atoms with E-state index in [1.54, 1.807) is 0 Å². The van der Waals surface area contributed by atoms with Gasteiger partial charge in [-0.15, -0.1) is 0 Å². The van der Waals surface area contributed by atoms with Crippen molar-refractivity contribution in [3.8, 4) is 0 Å². The lowest BCUT2D eigenvalue weighted by Crippen LogP contribution is -2.09. The number of benzene rings is 6. The van der Waals surface area contributed by atoms with Gasteiger partial charge in [-0.1, -0.05) is 91.0 Å². The van der Waals surface area contributed by atoms with Crippen molar-refractivity contribution in [3.63, 3.8) is 0 Å². The number of fused-ring (bicyclic) bond motifs is 2. The Bertz CT molecular complexity index is 2300. The van der Waals surface area contributed by atoms with Gasteiger partial charge < -0.3 is 15.5 Å². The number of nitrogens with zero attached hydrogens (tertiary/aromatic N) is 4. The fraction of sp³-hybridized carbons (Fsp3) is 0.0667. The topological polar surface area (TPSA) is 89.9 Å². The van der Waals surface area contributed by atoms with Crippen LogP contribution >= 0.6 is 0 Å². The third-order valence-electron chi connectivity index (χ3n) is 9.04. The van der Waals surface area contributed by atoms with Gasteiger partial charge in [0.2, 0.25) is 0 Å². The Morgan fingerprint density at radius 3 is 1.42 bits per heavy atom. The summed E-state index contributed by atoms with van der Waals surface area (Å²) in [6.45, 7) is 2.11. The van der Waals surface area contributed by atoms with Gasteiger partial charge in [-0.25, -0.2) is 0 Å². The van der Waals surface area contributed by atoms with Crippen LogP contribution in [0.25, 0.3) is 46.1 Å².